The summed E-state index contributed by atoms with van der Waals surface area (Å²) in [5.74, 6) is 0.680. The van der Waals surface area contributed by atoms with Gasteiger partial charge < -0.3 is 20.5 Å². The summed E-state index contributed by atoms with van der Waals surface area (Å²) >= 11 is 0. The molecule has 1 unspecified atom stereocenters. The smallest absolute Gasteiger partial charge is 0.191 e. The van der Waals surface area contributed by atoms with E-state index in [1.165, 1.54) is 0 Å². The van der Waals surface area contributed by atoms with Gasteiger partial charge in [0.1, 0.15) is 0 Å². The SMILES string of the molecule is CCNC(=NCc1nccc2ccccc12)NCC(C)(O)CN1CCOCC1. The van der Waals surface area contributed by atoms with Crippen molar-refractivity contribution in [2.75, 3.05) is 45.9 Å². The average Bonchev–Trinajstić information content (AvgIpc) is 2.70. The Labute approximate surface area is 166 Å². The number of guanidine groups is 1. The van der Waals surface area contributed by atoms with Crippen LogP contribution < -0.4 is 10.6 Å². The van der Waals surface area contributed by atoms with Gasteiger partial charge >= 0.3 is 0 Å². The van der Waals surface area contributed by atoms with E-state index >= 15 is 0 Å². The summed E-state index contributed by atoms with van der Waals surface area (Å²) in [5.41, 5.74) is 0.0842. The van der Waals surface area contributed by atoms with Crippen LogP contribution in [0.15, 0.2) is 41.5 Å². The normalized spacial score (nSPS) is 18.0. The van der Waals surface area contributed by atoms with Gasteiger partial charge in [-0.2, -0.15) is 0 Å². The zero-order valence-electron chi connectivity index (χ0n) is 16.8. The number of morpholine rings is 1. The number of aliphatic hydroxyl groups is 1. The van der Waals surface area contributed by atoms with Crippen molar-refractivity contribution in [3.63, 3.8) is 0 Å². The van der Waals surface area contributed by atoms with Crippen molar-refractivity contribution in [2.24, 2.45) is 4.99 Å². The number of benzene rings is 1. The van der Waals surface area contributed by atoms with E-state index in [1.54, 1.807) is 0 Å². The van der Waals surface area contributed by atoms with Gasteiger partial charge in [0.15, 0.2) is 5.96 Å². The molecule has 7 nitrogen and oxygen atoms in total. The third-order valence-corrected chi connectivity index (χ3v) is 4.79. The van der Waals surface area contributed by atoms with Crippen molar-refractivity contribution < 1.29 is 9.84 Å². The van der Waals surface area contributed by atoms with Crippen molar-refractivity contribution in [1.29, 1.82) is 0 Å². The molecule has 2 heterocycles. The average molecular weight is 386 g/mol. The van der Waals surface area contributed by atoms with E-state index < -0.39 is 5.60 Å². The highest BCUT2D eigenvalue weighted by Gasteiger charge is 2.25. The second kappa shape index (κ2) is 9.82. The fraction of sp³-hybridized carbons (Fsp3) is 0.524. The van der Waals surface area contributed by atoms with Gasteiger partial charge in [-0.05, 0) is 25.3 Å². The van der Waals surface area contributed by atoms with E-state index in [1.807, 2.05) is 38.2 Å². The van der Waals surface area contributed by atoms with Gasteiger partial charge in [0.25, 0.3) is 0 Å². The Morgan fingerprint density at radius 2 is 2.04 bits per heavy atom. The molecule has 1 aromatic carbocycles. The minimum absolute atomic E-state index is 0.416. The largest absolute Gasteiger partial charge is 0.387 e. The number of aromatic nitrogens is 1. The first-order valence-electron chi connectivity index (χ1n) is 9.95. The monoisotopic (exact) mass is 385 g/mol. The highest BCUT2D eigenvalue weighted by Crippen LogP contribution is 2.16. The van der Waals surface area contributed by atoms with Gasteiger partial charge in [-0.1, -0.05) is 24.3 Å². The van der Waals surface area contributed by atoms with E-state index in [0.717, 1.165) is 49.3 Å². The van der Waals surface area contributed by atoms with Crippen LogP contribution in [-0.4, -0.2) is 72.5 Å². The molecule has 1 fully saturated rings. The molecule has 0 aliphatic carbocycles. The highest BCUT2D eigenvalue weighted by atomic mass is 16.5. The van der Waals surface area contributed by atoms with Crippen LogP contribution in [0.3, 0.4) is 0 Å². The lowest BCUT2D eigenvalue weighted by Gasteiger charge is -2.34. The fourth-order valence-corrected chi connectivity index (χ4v) is 3.37. The summed E-state index contributed by atoms with van der Waals surface area (Å²) in [6, 6.07) is 10.2. The summed E-state index contributed by atoms with van der Waals surface area (Å²) < 4.78 is 5.37. The van der Waals surface area contributed by atoms with Crippen LogP contribution >= 0.6 is 0 Å². The minimum atomic E-state index is -0.856. The van der Waals surface area contributed by atoms with Gasteiger partial charge in [-0.3, -0.25) is 9.88 Å². The van der Waals surface area contributed by atoms with Gasteiger partial charge in [-0.25, -0.2) is 4.99 Å². The summed E-state index contributed by atoms with van der Waals surface area (Å²) in [6.07, 6.45) is 1.82. The molecule has 1 aromatic heterocycles. The van der Waals surface area contributed by atoms with E-state index in [4.69, 9.17) is 4.74 Å². The summed E-state index contributed by atoms with van der Waals surface area (Å²) in [5, 5.41) is 19.6. The Bertz CT molecular complexity index is 782. The topological polar surface area (TPSA) is 82.0 Å². The van der Waals surface area contributed by atoms with Crippen molar-refractivity contribution >= 4 is 16.7 Å². The predicted octanol–water partition coefficient (Wildman–Crippen LogP) is 1.37. The lowest BCUT2D eigenvalue weighted by atomic mass is 10.1. The Morgan fingerprint density at radius 3 is 2.82 bits per heavy atom. The molecular formula is C21H31N5O2. The van der Waals surface area contributed by atoms with E-state index in [2.05, 4.69) is 37.6 Å². The quantitative estimate of drug-likeness (QED) is 0.493. The van der Waals surface area contributed by atoms with Crippen LogP contribution in [-0.2, 0) is 11.3 Å². The van der Waals surface area contributed by atoms with Crippen LogP contribution in [0.1, 0.15) is 19.5 Å². The van der Waals surface area contributed by atoms with Gasteiger partial charge in [0.2, 0.25) is 0 Å². The van der Waals surface area contributed by atoms with Crippen LogP contribution in [0.25, 0.3) is 10.8 Å². The molecule has 1 aliphatic heterocycles. The second-order valence-corrected chi connectivity index (χ2v) is 7.41. The van der Waals surface area contributed by atoms with Crippen LogP contribution in [0.2, 0.25) is 0 Å². The Kier molecular flexibility index (Phi) is 7.19. The molecule has 0 saturated carbocycles. The number of pyridine rings is 1. The molecule has 0 amide bonds. The molecule has 152 valence electrons. The number of nitrogens with one attached hydrogen (secondary N) is 2. The zero-order valence-corrected chi connectivity index (χ0v) is 16.8. The standard InChI is InChI=1S/C21H31N5O2/c1-3-22-20(25-15-21(2,27)16-26-10-12-28-13-11-26)24-14-19-18-7-5-4-6-17(18)8-9-23-19/h4-9,27H,3,10-16H2,1-2H3,(H2,22,24,25). The maximum Gasteiger partial charge on any atom is 0.191 e. The number of fused-ring (bicyclic) bond motifs is 1. The molecule has 0 radical (unpaired) electrons. The highest BCUT2D eigenvalue weighted by molar-refractivity contribution is 5.85. The Hall–Kier alpha value is -2.22. The summed E-state index contributed by atoms with van der Waals surface area (Å²) in [4.78, 5) is 11.4. The Morgan fingerprint density at radius 1 is 1.25 bits per heavy atom. The molecule has 2 aromatic rings. The number of hydrogen-bond donors (Lipinski definition) is 3. The molecule has 3 N–H and O–H groups in total. The lowest BCUT2D eigenvalue weighted by molar-refractivity contribution is -0.0201. The number of aliphatic imine (C=N–C) groups is 1. The number of rotatable bonds is 7. The third kappa shape index (κ3) is 5.89. The first-order chi connectivity index (χ1) is 13.6. The van der Waals surface area contributed by atoms with Crippen LogP contribution in [0.4, 0.5) is 0 Å². The molecular weight excluding hydrogens is 354 g/mol. The van der Waals surface area contributed by atoms with Crippen molar-refractivity contribution in [2.45, 2.75) is 26.0 Å². The van der Waals surface area contributed by atoms with Crippen molar-refractivity contribution in [3.8, 4) is 0 Å². The number of nitrogens with zero attached hydrogens (tertiary/aromatic N) is 3. The molecule has 28 heavy (non-hydrogen) atoms. The molecule has 1 saturated heterocycles. The zero-order chi connectivity index (χ0) is 19.8. The summed E-state index contributed by atoms with van der Waals surface area (Å²) in [7, 11) is 0. The van der Waals surface area contributed by atoms with Gasteiger partial charge in [-0.15, -0.1) is 0 Å². The van der Waals surface area contributed by atoms with E-state index in [0.29, 0.717) is 25.6 Å². The first kappa shape index (κ1) is 20.5. The molecule has 0 spiro atoms. The third-order valence-electron chi connectivity index (χ3n) is 4.79. The maximum atomic E-state index is 10.8. The van der Waals surface area contributed by atoms with E-state index in [-0.39, 0.29) is 0 Å². The fourth-order valence-electron chi connectivity index (χ4n) is 3.37. The molecule has 1 aliphatic rings. The second-order valence-electron chi connectivity index (χ2n) is 7.41. The van der Waals surface area contributed by atoms with Crippen molar-refractivity contribution in [1.82, 2.24) is 20.5 Å². The predicted molar refractivity (Wildman–Crippen MR) is 112 cm³/mol. The summed E-state index contributed by atoms with van der Waals surface area (Å²) in [6.45, 7) is 9.30. The molecule has 3 rings (SSSR count). The first-order valence-corrected chi connectivity index (χ1v) is 9.95. The molecule has 7 heteroatoms. The minimum Gasteiger partial charge on any atom is -0.387 e. The lowest BCUT2D eigenvalue weighted by Crippen LogP contribution is -2.52. The number of β-amino-alcohol motifs (C(OH)–C–C–N with tert-alkyl or cyclic N) is 1. The molecule has 0 bridgehead atoms. The molecule has 1 atom stereocenters. The van der Waals surface area contributed by atoms with Crippen LogP contribution in [0.5, 0.6) is 0 Å². The van der Waals surface area contributed by atoms with E-state index in [9.17, 15) is 5.11 Å². The number of ether oxygens (including phenoxy) is 1. The Balaban J connectivity index is 1.62. The van der Waals surface area contributed by atoms with Crippen LogP contribution in [0, 0.1) is 0 Å². The van der Waals surface area contributed by atoms with Crippen molar-refractivity contribution in [3.05, 3.63) is 42.2 Å². The van der Waals surface area contributed by atoms with Gasteiger partial charge in [0, 0.05) is 44.3 Å². The van der Waals surface area contributed by atoms with Gasteiger partial charge in [0.05, 0.1) is 31.1 Å². The number of hydrogen-bond acceptors (Lipinski definition) is 5. The maximum absolute atomic E-state index is 10.8.